The highest BCUT2D eigenvalue weighted by Crippen LogP contribution is 2.36. The molecule has 8 heteroatoms. The molecule has 0 aromatic carbocycles. The average molecular weight is 420 g/mol. The van der Waals surface area contributed by atoms with E-state index in [0.29, 0.717) is 18.4 Å². The fourth-order valence-electron chi connectivity index (χ4n) is 3.56. The van der Waals surface area contributed by atoms with Gasteiger partial charge in [-0.2, -0.15) is 0 Å². The van der Waals surface area contributed by atoms with E-state index in [1.807, 2.05) is 13.0 Å². The number of fused-ring (bicyclic) bond motifs is 1. The summed E-state index contributed by atoms with van der Waals surface area (Å²) >= 11 is 0. The van der Waals surface area contributed by atoms with Gasteiger partial charge in [0.25, 0.3) is 0 Å². The van der Waals surface area contributed by atoms with Gasteiger partial charge >= 0.3 is 17.9 Å². The lowest BCUT2D eigenvalue weighted by atomic mass is 9.85. The molecule has 0 aromatic rings. The Morgan fingerprint density at radius 2 is 2.00 bits per heavy atom. The fraction of sp³-hybridized carbons (Fsp3) is 0.500. The second-order valence-corrected chi connectivity index (χ2v) is 7.43. The zero-order valence-electron chi connectivity index (χ0n) is 17.4. The van der Waals surface area contributed by atoms with Crippen molar-refractivity contribution >= 4 is 17.9 Å². The van der Waals surface area contributed by atoms with Crippen molar-refractivity contribution < 1.29 is 38.8 Å². The Balaban J connectivity index is 2.42. The summed E-state index contributed by atoms with van der Waals surface area (Å²) in [5.41, 5.74) is 1.67. The maximum Gasteiger partial charge on any atom is 0.336 e. The van der Waals surface area contributed by atoms with Crippen molar-refractivity contribution in [2.24, 2.45) is 5.92 Å². The standard InChI is InChI=1S/C22H28O8/c1-12-5-6-17(28-15(4)25)13(2)10-19-20(14(3)21(26)29-19)18(9-12)30-22(27)16(11-24)7-8-23/h5,7,10,17-20,23-24H,3,6,8-9,11H2,1-2,4H3/b12-5+,13-10+,16-7+. The lowest BCUT2D eigenvalue weighted by Gasteiger charge is -2.28. The molecule has 2 N–H and O–H groups in total. The van der Waals surface area contributed by atoms with E-state index in [4.69, 9.17) is 19.3 Å². The third kappa shape index (κ3) is 5.67. The summed E-state index contributed by atoms with van der Waals surface area (Å²) in [5, 5.41) is 18.4. The van der Waals surface area contributed by atoms with E-state index in [1.165, 1.54) is 13.0 Å². The quantitative estimate of drug-likeness (QED) is 0.297. The smallest absolute Gasteiger partial charge is 0.336 e. The first-order valence-corrected chi connectivity index (χ1v) is 9.70. The molecule has 1 aliphatic carbocycles. The Kier molecular flexibility index (Phi) is 8.14. The molecular formula is C22H28O8. The van der Waals surface area contributed by atoms with Crippen LogP contribution >= 0.6 is 0 Å². The van der Waals surface area contributed by atoms with E-state index < -0.39 is 55.4 Å². The summed E-state index contributed by atoms with van der Waals surface area (Å²) in [5.74, 6) is -2.44. The Morgan fingerprint density at radius 3 is 2.60 bits per heavy atom. The molecule has 0 spiro atoms. The lowest BCUT2D eigenvalue weighted by Crippen LogP contribution is -2.34. The van der Waals surface area contributed by atoms with Gasteiger partial charge in [0.1, 0.15) is 18.3 Å². The molecule has 0 amide bonds. The molecule has 30 heavy (non-hydrogen) atoms. The van der Waals surface area contributed by atoms with Gasteiger partial charge in [-0.3, -0.25) is 4.79 Å². The zero-order valence-corrected chi connectivity index (χ0v) is 17.4. The molecule has 1 aliphatic heterocycles. The Hall–Kier alpha value is -2.71. The van der Waals surface area contributed by atoms with Gasteiger partial charge in [-0.1, -0.05) is 18.2 Å². The number of esters is 3. The maximum absolute atomic E-state index is 12.5. The van der Waals surface area contributed by atoms with Gasteiger partial charge in [0, 0.05) is 25.3 Å². The molecule has 0 aromatic heterocycles. The van der Waals surface area contributed by atoms with Crippen molar-refractivity contribution in [3.05, 3.63) is 47.1 Å². The summed E-state index contributed by atoms with van der Waals surface area (Å²) in [6.07, 6.45) is 3.45. The molecular weight excluding hydrogens is 392 g/mol. The van der Waals surface area contributed by atoms with Gasteiger partial charge in [-0.05, 0) is 31.6 Å². The first kappa shape index (κ1) is 23.6. The predicted octanol–water partition coefficient (Wildman–Crippen LogP) is 1.53. The van der Waals surface area contributed by atoms with Crippen LogP contribution in [-0.2, 0) is 28.6 Å². The first-order valence-electron chi connectivity index (χ1n) is 9.70. The number of aliphatic hydroxyl groups is 2. The molecule has 1 heterocycles. The average Bonchev–Trinajstić information content (AvgIpc) is 2.94. The van der Waals surface area contributed by atoms with Crippen LogP contribution in [0.1, 0.15) is 33.6 Å². The highest BCUT2D eigenvalue weighted by Gasteiger charge is 2.45. The van der Waals surface area contributed by atoms with Crippen LogP contribution < -0.4 is 0 Å². The van der Waals surface area contributed by atoms with E-state index in [2.05, 4.69) is 6.58 Å². The lowest BCUT2D eigenvalue weighted by molar-refractivity contribution is -0.148. The molecule has 4 unspecified atom stereocenters. The number of carbonyl (C=O) groups excluding carboxylic acids is 3. The van der Waals surface area contributed by atoms with E-state index >= 15 is 0 Å². The minimum Gasteiger partial charge on any atom is -0.458 e. The monoisotopic (exact) mass is 420 g/mol. The van der Waals surface area contributed by atoms with Gasteiger partial charge < -0.3 is 24.4 Å². The third-order valence-corrected chi connectivity index (χ3v) is 5.14. The summed E-state index contributed by atoms with van der Waals surface area (Å²) in [6.45, 7) is 7.76. The van der Waals surface area contributed by atoms with Crippen LogP contribution in [0, 0.1) is 5.92 Å². The summed E-state index contributed by atoms with van der Waals surface area (Å²) < 4.78 is 16.5. The minimum absolute atomic E-state index is 0.0784. The zero-order chi connectivity index (χ0) is 22.4. The van der Waals surface area contributed by atoms with Crippen LogP contribution in [0.3, 0.4) is 0 Å². The number of carbonyl (C=O) groups is 3. The van der Waals surface area contributed by atoms with E-state index in [9.17, 15) is 19.5 Å². The first-order chi connectivity index (χ1) is 14.2. The predicted molar refractivity (Wildman–Crippen MR) is 107 cm³/mol. The minimum atomic E-state index is -0.786. The Bertz CT molecular complexity index is 804. The summed E-state index contributed by atoms with van der Waals surface area (Å²) in [4.78, 5) is 36.2. The van der Waals surface area contributed by atoms with Crippen molar-refractivity contribution in [3.8, 4) is 0 Å². The molecule has 1 fully saturated rings. The van der Waals surface area contributed by atoms with Crippen molar-refractivity contribution in [2.75, 3.05) is 13.2 Å². The Morgan fingerprint density at radius 1 is 1.30 bits per heavy atom. The highest BCUT2D eigenvalue weighted by molar-refractivity contribution is 5.92. The molecule has 1 saturated heterocycles. The van der Waals surface area contributed by atoms with Gasteiger partial charge in [-0.15, -0.1) is 0 Å². The normalized spacial score (nSPS) is 30.9. The second kappa shape index (κ2) is 10.4. The maximum atomic E-state index is 12.5. The molecule has 8 nitrogen and oxygen atoms in total. The molecule has 2 aliphatic rings. The molecule has 0 radical (unpaired) electrons. The van der Waals surface area contributed by atoms with Crippen LogP contribution in [0.2, 0.25) is 0 Å². The molecule has 2 rings (SSSR count). The van der Waals surface area contributed by atoms with Crippen LogP contribution in [-0.4, -0.2) is 59.6 Å². The number of hydrogen-bond acceptors (Lipinski definition) is 8. The van der Waals surface area contributed by atoms with Crippen molar-refractivity contribution in [1.29, 1.82) is 0 Å². The molecule has 0 saturated carbocycles. The van der Waals surface area contributed by atoms with Gasteiger partial charge in [-0.25, -0.2) is 9.59 Å². The highest BCUT2D eigenvalue weighted by atomic mass is 16.6. The molecule has 0 bridgehead atoms. The Labute approximate surface area is 175 Å². The van der Waals surface area contributed by atoms with Gasteiger partial charge in [0.05, 0.1) is 24.7 Å². The van der Waals surface area contributed by atoms with Crippen LogP contribution in [0.25, 0.3) is 0 Å². The number of ether oxygens (including phenoxy) is 3. The van der Waals surface area contributed by atoms with Crippen molar-refractivity contribution in [3.63, 3.8) is 0 Å². The summed E-state index contributed by atoms with van der Waals surface area (Å²) in [7, 11) is 0. The topological polar surface area (TPSA) is 119 Å². The second-order valence-electron chi connectivity index (χ2n) is 7.43. The number of rotatable bonds is 5. The SMILES string of the molecule is C=C1C(=O)OC2/C=C(\C)C(OC(C)=O)C/C=C(\C)CC(OC(=O)/C(=C/CO)CO)C12. The van der Waals surface area contributed by atoms with Gasteiger partial charge in [0.2, 0.25) is 0 Å². The third-order valence-electron chi connectivity index (χ3n) is 5.14. The van der Waals surface area contributed by atoms with Crippen molar-refractivity contribution in [1.82, 2.24) is 0 Å². The van der Waals surface area contributed by atoms with E-state index in [0.717, 1.165) is 5.57 Å². The summed E-state index contributed by atoms with van der Waals surface area (Å²) in [6, 6.07) is 0. The number of aliphatic hydroxyl groups excluding tert-OH is 2. The fourth-order valence-corrected chi connectivity index (χ4v) is 3.56. The number of hydrogen-bond donors (Lipinski definition) is 2. The van der Waals surface area contributed by atoms with E-state index in [1.54, 1.807) is 13.0 Å². The van der Waals surface area contributed by atoms with Crippen molar-refractivity contribution in [2.45, 2.75) is 51.9 Å². The molecule has 4 atom stereocenters. The van der Waals surface area contributed by atoms with Crippen LogP contribution in [0.5, 0.6) is 0 Å². The van der Waals surface area contributed by atoms with E-state index in [-0.39, 0.29) is 11.1 Å². The van der Waals surface area contributed by atoms with Crippen LogP contribution in [0.15, 0.2) is 47.1 Å². The van der Waals surface area contributed by atoms with Crippen LogP contribution in [0.4, 0.5) is 0 Å². The molecule has 164 valence electrons. The van der Waals surface area contributed by atoms with Gasteiger partial charge in [0.15, 0.2) is 0 Å². The largest absolute Gasteiger partial charge is 0.458 e.